The van der Waals surface area contributed by atoms with Gasteiger partial charge in [-0.3, -0.25) is 4.79 Å². The van der Waals surface area contributed by atoms with Crippen LogP contribution in [0.5, 0.6) is 0 Å². The van der Waals surface area contributed by atoms with Gasteiger partial charge in [-0.15, -0.1) is 0 Å². The number of rotatable bonds is 2. The standard InChI is InChI=1S/C8H15NO2S/c1-7(10)9-6-8(11)2-4-12-5-3-8/h11H,2-6H2,1H3,(H,9,10). The molecule has 1 amide bonds. The van der Waals surface area contributed by atoms with Crippen LogP contribution in [0, 0.1) is 0 Å². The molecule has 0 unspecified atom stereocenters. The normalized spacial score (nSPS) is 21.8. The van der Waals surface area contributed by atoms with E-state index in [1.54, 1.807) is 0 Å². The van der Waals surface area contributed by atoms with Crippen LogP contribution >= 0.6 is 11.8 Å². The topological polar surface area (TPSA) is 49.3 Å². The molecule has 1 rings (SSSR count). The zero-order chi connectivity index (χ0) is 9.03. The molecular formula is C8H15NO2S. The third-order valence-corrected chi connectivity index (χ3v) is 3.08. The average molecular weight is 189 g/mol. The third-order valence-electron chi connectivity index (χ3n) is 2.09. The molecule has 0 aromatic carbocycles. The summed E-state index contributed by atoms with van der Waals surface area (Å²) < 4.78 is 0. The second kappa shape index (κ2) is 4.14. The molecule has 1 aliphatic heterocycles. The van der Waals surface area contributed by atoms with Gasteiger partial charge >= 0.3 is 0 Å². The van der Waals surface area contributed by atoms with Crippen LogP contribution in [0.15, 0.2) is 0 Å². The molecule has 0 saturated carbocycles. The van der Waals surface area contributed by atoms with Gasteiger partial charge < -0.3 is 10.4 Å². The van der Waals surface area contributed by atoms with Crippen LogP contribution in [0.3, 0.4) is 0 Å². The Bertz CT molecular complexity index is 166. The van der Waals surface area contributed by atoms with E-state index >= 15 is 0 Å². The minimum absolute atomic E-state index is 0.0679. The molecule has 4 heteroatoms. The van der Waals surface area contributed by atoms with Gasteiger partial charge in [0, 0.05) is 13.5 Å². The maximum absolute atomic E-state index is 10.6. The Labute approximate surface area is 76.9 Å². The number of thioether (sulfide) groups is 1. The van der Waals surface area contributed by atoms with Crippen molar-refractivity contribution in [1.29, 1.82) is 0 Å². The average Bonchev–Trinajstić information content (AvgIpc) is 2.03. The molecule has 70 valence electrons. The predicted molar refractivity (Wildman–Crippen MR) is 50.2 cm³/mol. The van der Waals surface area contributed by atoms with Gasteiger partial charge in [-0.2, -0.15) is 11.8 Å². The maximum atomic E-state index is 10.6. The Morgan fingerprint density at radius 1 is 1.58 bits per heavy atom. The summed E-state index contributed by atoms with van der Waals surface area (Å²) in [5, 5.41) is 12.5. The van der Waals surface area contributed by atoms with Crippen LogP contribution in [0.25, 0.3) is 0 Å². The molecule has 1 aliphatic rings. The van der Waals surface area contributed by atoms with Crippen LogP contribution in [-0.2, 0) is 4.79 Å². The fourth-order valence-electron chi connectivity index (χ4n) is 1.22. The van der Waals surface area contributed by atoms with Gasteiger partial charge in [-0.05, 0) is 24.3 Å². The van der Waals surface area contributed by atoms with Crippen molar-refractivity contribution in [2.75, 3.05) is 18.1 Å². The second-order valence-electron chi connectivity index (χ2n) is 3.25. The molecule has 0 bridgehead atoms. The SMILES string of the molecule is CC(=O)NCC1(O)CCSCC1. The zero-order valence-corrected chi connectivity index (χ0v) is 8.12. The van der Waals surface area contributed by atoms with E-state index in [9.17, 15) is 9.90 Å². The quantitative estimate of drug-likeness (QED) is 0.660. The molecule has 0 aliphatic carbocycles. The van der Waals surface area contributed by atoms with E-state index in [1.807, 2.05) is 11.8 Å². The fourth-order valence-corrected chi connectivity index (χ4v) is 2.47. The van der Waals surface area contributed by atoms with Gasteiger partial charge in [0.05, 0.1) is 5.60 Å². The van der Waals surface area contributed by atoms with Gasteiger partial charge in [-0.25, -0.2) is 0 Å². The number of carbonyl (C=O) groups excluding carboxylic acids is 1. The van der Waals surface area contributed by atoms with Gasteiger partial charge in [0.1, 0.15) is 0 Å². The summed E-state index contributed by atoms with van der Waals surface area (Å²) in [7, 11) is 0. The first kappa shape index (κ1) is 9.86. The van der Waals surface area contributed by atoms with E-state index in [1.165, 1.54) is 6.92 Å². The lowest BCUT2D eigenvalue weighted by atomic mass is 9.97. The van der Waals surface area contributed by atoms with Crippen LogP contribution in [0.2, 0.25) is 0 Å². The Hall–Kier alpha value is -0.220. The molecule has 0 spiro atoms. The molecule has 1 heterocycles. The molecule has 2 N–H and O–H groups in total. The number of amides is 1. The van der Waals surface area contributed by atoms with Crippen LogP contribution in [-0.4, -0.2) is 34.7 Å². The molecule has 0 aromatic heterocycles. The van der Waals surface area contributed by atoms with Gasteiger partial charge in [-0.1, -0.05) is 0 Å². The summed E-state index contributed by atoms with van der Waals surface area (Å²) in [5.74, 6) is 1.92. The van der Waals surface area contributed by atoms with Crippen molar-refractivity contribution < 1.29 is 9.90 Å². The molecular weight excluding hydrogens is 174 g/mol. The van der Waals surface area contributed by atoms with Crippen LogP contribution < -0.4 is 5.32 Å². The van der Waals surface area contributed by atoms with Crippen molar-refractivity contribution >= 4 is 17.7 Å². The van der Waals surface area contributed by atoms with Crippen molar-refractivity contribution in [2.45, 2.75) is 25.4 Å². The van der Waals surface area contributed by atoms with Gasteiger partial charge in [0.15, 0.2) is 0 Å². The lowest BCUT2D eigenvalue weighted by Crippen LogP contribution is -2.44. The highest BCUT2D eigenvalue weighted by Gasteiger charge is 2.29. The van der Waals surface area contributed by atoms with E-state index in [4.69, 9.17) is 0 Å². The molecule has 1 fully saturated rings. The third kappa shape index (κ3) is 3.03. The number of carbonyl (C=O) groups is 1. The van der Waals surface area contributed by atoms with Crippen LogP contribution in [0.1, 0.15) is 19.8 Å². The molecule has 0 aromatic rings. The monoisotopic (exact) mass is 189 g/mol. The highest BCUT2D eigenvalue weighted by Crippen LogP contribution is 2.25. The first-order chi connectivity index (χ1) is 5.62. The summed E-state index contributed by atoms with van der Waals surface area (Å²) in [4.78, 5) is 10.6. The Balaban J connectivity index is 2.31. The first-order valence-electron chi connectivity index (χ1n) is 4.17. The highest BCUT2D eigenvalue weighted by atomic mass is 32.2. The van der Waals surface area contributed by atoms with Crippen LogP contribution in [0.4, 0.5) is 0 Å². The van der Waals surface area contributed by atoms with Gasteiger partial charge in [0.25, 0.3) is 0 Å². The van der Waals surface area contributed by atoms with E-state index in [2.05, 4.69) is 5.32 Å². The Morgan fingerprint density at radius 3 is 2.67 bits per heavy atom. The summed E-state index contributed by atoms with van der Waals surface area (Å²) in [6, 6.07) is 0. The summed E-state index contributed by atoms with van der Waals surface area (Å²) in [6.07, 6.45) is 1.58. The highest BCUT2D eigenvalue weighted by molar-refractivity contribution is 7.99. The molecule has 3 nitrogen and oxygen atoms in total. The summed E-state index contributed by atoms with van der Waals surface area (Å²) >= 11 is 1.86. The number of aliphatic hydroxyl groups is 1. The zero-order valence-electron chi connectivity index (χ0n) is 7.30. The number of hydrogen-bond donors (Lipinski definition) is 2. The number of hydrogen-bond acceptors (Lipinski definition) is 3. The lowest BCUT2D eigenvalue weighted by molar-refractivity contribution is -0.120. The largest absolute Gasteiger partial charge is 0.388 e. The smallest absolute Gasteiger partial charge is 0.216 e. The van der Waals surface area contributed by atoms with Crippen molar-refractivity contribution in [1.82, 2.24) is 5.32 Å². The lowest BCUT2D eigenvalue weighted by Gasteiger charge is -2.31. The number of nitrogens with one attached hydrogen (secondary N) is 1. The minimum Gasteiger partial charge on any atom is -0.388 e. The van der Waals surface area contributed by atoms with Crippen molar-refractivity contribution in [3.8, 4) is 0 Å². The van der Waals surface area contributed by atoms with Crippen molar-refractivity contribution in [3.05, 3.63) is 0 Å². The van der Waals surface area contributed by atoms with Gasteiger partial charge in [0.2, 0.25) is 5.91 Å². The maximum Gasteiger partial charge on any atom is 0.216 e. The van der Waals surface area contributed by atoms with E-state index < -0.39 is 5.60 Å². The van der Waals surface area contributed by atoms with Crippen molar-refractivity contribution in [2.24, 2.45) is 0 Å². The molecule has 12 heavy (non-hydrogen) atoms. The molecule has 1 saturated heterocycles. The summed E-state index contributed by atoms with van der Waals surface area (Å²) in [5.41, 5.74) is -0.642. The molecule has 0 radical (unpaired) electrons. The Kier molecular flexibility index (Phi) is 3.40. The molecule has 0 atom stereocenters. The predicted octanol–water partition coefficient (Wildman–Crippen LogP) is 0.381. The van der Waals surface area contributed by atoms with E-state index in [0.717, 1.165) is 24.3 Å². The van der Waals surface area contributed by atoms with Crippen molar-refractivity contribution in [3.63, 3.8) is 0 Å². The van der Waals surface area contributed by atoms with E-state index in [0.29, 0.717) is 6.54 Å². The first-order valence-corrected chi connectivity index (χ1v) is 5.32. The Morgan fingerprint density at radius 2 is 2.17 bits per heavy atom. The fraction of sp³-hybridized carbons (Fsp3) is 0.875. The van der Waals surface area contributed by atoms with E-state index in [-0.39, 0.29) is 5.91 Å². The minimum atomic E-state index is -0.642. The second-order valence-corrected chi connectivity index (χ2v) is 4.47. The summed E-state index contributed by atoms with van der Waals surface area (Å²) in [6.45, 7) is 1.88.